The lowest BCUT2D eigenvalue weighted by Crippen LogP contribution is -2.14. The number of nitrogens with zero attached hydrogens (tertiary/aromatic N) is 3. The third kappa shape index (κ3) is 4.01. The summed E-state index contributed by atoms with van der Waals surface area (Å²) < 4.78 is 0. The summed E-state index contributed by atoms with van der Waals surface area (Å²) in [7, 11) is 0. The average molecular weight is 281 g/mol. The first-order chi connectivity index (χ1) is 10.2. The van der Waals surface area contributed by atoms with E-state index < -0.39 is 0 Å². The molecule has 0 unspecified atom stereocenters. The molecule has 2 rings (SSSR count). The first-order valence-electron chi connectivity index (χ1n) is 6.60. The van der Waals surface area contributed by atoms with Crippen LogP contribution in [0.5, 0.6) is 0 Å². The van der Waals surface area contributed by atoms with Crippen molar-refractivity contribution in [3.05, 3.63) is 47.9 Å². The minimum atomic E-state index is -0.361. The summed E-state index contributed by atoms with van der Waals surface area (Å²) in [5.74, 6) is 0.277. The zero-order valence-corrected chi connectivity index (χ0v) is 11.6. The highest BCUT2D eigenvalue weighted by Crippen LogP contribution is 2.11. The highest BCUT2D eigenvalue weighted by Gasteiger charge is 2.08. The second-order valence-electron chi connectivity index (χ2n) is 4.36. The zero-order chi connectivity index (χ0) is 15.1. The number of hydrogen-bond donors (Lipinski definition) is 2. The number of anilines is 2. The van der Waals surface area contributed by atoms with Gasteiger partial charge in [-0.15, -0.1) is 0 Å². The van der Waals surface area contributed by atoms with Crippen molar-refractivity contribution in [2.75, 3.05) is 17.2 Å². The number of hydrogen-bond acceptors (Lipinski definition) is 5. The Bertz CT molecular complexity index is 661. The number of aromatic nitrogens is 2. The standard InChI is InChI=1S/C15H15N5O/c1-2-6-17-14-10-18-13(9-19-14)15(21)20-12-5-3-4-11(7-12)8-16/h3-5,7,9-10H,2,6H2,1H3,(H,17,19)(H,20,21). The van der Waals surface area contributed by atoms with E-state index in [-0.39, 0.29) is 11.6 Å². The molecule has 21 heavy (non-hydrogen) atoms. The van der Waals surface area contributed by atoms with Crippen molar-refractivity contribution < 1.29 is 4.79 Å². The topological polar surface area (TPSA) is 90.7 Å². The Morgan fingerprint density at radius 2 is 2.19 bits per heavy atom. The molecule has 1 amide bonds. The van der Waals surface area contributed by atoms with Crippen molar-refractivity contribution in [3.8, 4) is 6.07 Å². The number of amides is 1. The van der Waals surface area contributed by atoms with E-state index in [0.29, 0.717) is 17.1 Å². The van der Waals surface area contributed by atoms with Gasteiger partial charge in [0, 0.05) is 12.2 Å². The van der Waals surface area contributed by atoms with Crippen LogP contribution in [0.15, 0.2) is 36.7 Å². The van der Waals surface area contributed by atoms with Crippen LogP contribution in [-0.4, -0.2) is 22.4 Å². The quantitative estimate of drug-likeness (QED) is 0.878. The molecule has 1 aromatic heterocycles. The predicted octanol–water partition coefficient (Wildman–Crippen LogP) is 2.42. The van der Waals surface area contributed by atoms with Gasteiger partial charge in [-0.1, -0.05) is 13.0 Å². The average Bonchev–Trinajstić information content (AvgIpc) is 2.53. The van der Waals surface area contributed by atoms with E-state index in [0.717, 1.165) is 13.0 Å². The van der Waals surface area contributed by atoms with Crippen LogP contribution < -0.4 is 10.6 Å². The molecule has 6 nitrogen and oxygen atoms in total. The first-order valence-corrected chi connectivity index (χ1v) is 6.60. The van der Waals surface area contributed by atoms with Gasteiger partial charge in [0.05, 0.1) is 24.0 Å². The molecule has 0 radical (unpaired) electrons. The van der Waals surface area contributed by atoms with Crippen LogP contribution >= 0.6 is 0 Å². The number of carbonyl (C=O) groups excluding carboxylic acids is 1. The number of carbonyl (C=O) groups is 1. The van der Waals surface area contributed by atoms with E-state index in [9.17, 15) is 4.79 Å². The van der Waals surface area contributed by atoms with Gasteiger partial charge in [0.25, 0.3) is 5.91 Å². The summed E-state index contributed by atoms with van der Waals surface area (Å²) in [4.78, 5) is 20.2. The van der Waals surface area contributed by atoms with E-state index in [1.54, 1.807) is 24.3 Å². The number of nitriles is 1. The lowest BCUT2D eigenvalue weighted by atomic mass is 10.2. The molecule has 0 aliphatic carbocycles. The Morgan fingerprint density at radius 3 is 2.86 bits per heavy atom. The molecule has 0 saturated heterocycles. The Hall–Kier alpha value is -2.94. The van der Waals surface area contributed by atoms with Crippen molar-refractivity contribution in [2.45, 2.75) is 13.3 Å². The van der Waals surface area contributed by atoms with E-state index >= 15 is 0 Å². The molecule has 0 aliphatic rings. The Morgan fingerprint density at radius 1 is 1.33 bits per heavy atom. The summed E-state index contributed by atoms with van der Waals surface area (Å²) in [6, 6.07) is 8.71. The molecule has 6 heteroatoms. The summed E-state index contributed by atoms with van der Waals surface area (Å²) in [5, 5.41) is 14.6. The van der Waals surface area contributed by atoms with Gasteiger partial charge in [-0.05, 0) is 24.6 Å². The van der Waals surface area contributed by atoms with Crippen LogP contribution in [0.1, 0.15) is 29.4 Å². The maximum atomic E-state index is 12.0. The van der Waals surface area contributed by atoms with Gasteiger partial charge in [0.2, 0.25) is 0 Å². The maximum absolute atomic E-state index is 12.0. The van der Waals surface area contributed by atoms with E-state index in [1.807, 2.05) is 6.07 Å². The molecule has 0 aliphatic heterocycles. The molecular weight excluding hydrogens is 266 g/mol. The molecule has 1 aromatic carbocycles. The fourth-order valence-corrected chi connectivity index (χ4v) is 1.65. The van der Waals surface area contributed by atoms with Gasteiger partial charge in [-0.3, -0.25) is 4.79 Å². The summed E-state index contributed by atoms with van der Waals surface area (Å²) >= 11 is 0. The number of benzene rings is 1. The van der Waals surface area contributed by atoms with Crippen LogP contribution in [0.3, 0.4) is 0 Å². The predicted molar refractivity (Wildman–Crippen MR) is 79.9 cm³/mol. The summed E-state index contributed by atoms with van der Waals surface area (Å²) in [6.45, 7) is 2.86. The SMILES string of the molecule is CCCNc1cnc(C(=O)Nc2cccc(C#N)c2)cn1. The van der Waals surface area contributed by atoms with Gasteiger partial charge in [0.1, 0.15) is 11.5 Å². The third-order valence-corrected chi connectivity index (χ3v) is 2.69. The fraction of sp³-hybridized carbons (Fsp3) is 0.200. The van der Waals surface area contributed by atoms with Gasteiger partial charge in [-0.2, -0.15) is 5.26 Å². The van der Waals surface area contributed by atoms with Gasteiger partial charge in [0.15, 0.2) is 0 Å². The Kier molecular flexibility index (Phi) is 4.83. The Labute approximate surface area is 122 Å². The molecule has 0 saturated carbocycles. The largest absolute Gasteiger partial charge is 0.369 e. The summed E-state index contributed by atoms with van der Waals surface area (Å²) in [5.41, 5.74) is 1.26. The second-order valence-corrected chi connectivity index (χ2v) is 4.36. The molecule has 0 bridgehead atoms. The summed E-state index contributed by atoms with van der Waals surface area (Å²) in [6.07, 6.45) is 3.93. The third-order valence-electron chi connectivity index (χ3n) is 2.69. The lowest BCUT2D eigenvalue weighted by molar-refractivity contribution is 0.102. The first kappa shape index (κ1) is 14.5. The molecule has 0 fully saturated rings. The normalized spacial score (nSPS) is 9.71. The van der Waals surface area contributed by atoms with Gasteiger partial charge >= 0.3 is 0 Å². The highest BCUT2D eigenvalue weighted by atomic mass is 16.1. The van der Waals surface area contributed by atoms with E-state index in [4.69, 9.17) is 5.26 Å². The smallest absolute Gasteiger partial charge is 0.275 e. The number of rotatable bonds is 5. The molecule has 106 valence electrons. The monoisotopic (exact) mass is 281 g/mol. The van der Waals surface area contributed by atoms with E-state index in [1.165, 1.54) is 12.4 Å². The minimum absolute atomic E-state index is 0.222. The minimum Gasteiger partial charge on any atom is -0.369 e. The van der Waals surface area contributed by atoms with Crippen molar-refractivity contribution in [2.24, 2.45) is 0 Å². The lowest BCUT2D eigenvalue weighted by Gasteiger charge is -2.06. The van der Waals surface area contributed by atoms with Crippen molar-refractivity contribution in [1.29, 1.82) is 5.26 Å². The fourth-order valence-electron chi connectivity index (χ4n) is 1.65. The van der Waals surface area contributed by atoms with Gasteiger partial charge < -0.3 is 10.6 Å². The molecule has 0 spiro atoms. The van der Waals surface area contributed by atoms with Crippen LogP contribution in [0.25, 0.3) is 0 Å². The van der Waals surface area contributed by atoms with Crippen molar-refractivity contribution in [1.82, 2.24) is 9.97 Å². The van der Waals surface area contributed by atoms with Crippen LogP contribution in [0.4, 0.5) is 11.5 Å². The zero-order valence-electron chi connectivity index (χ0n) is 11.6. The highest BCUT2D eigenvalue weighted by molar-refractivity contribution is 6.02. The molecule has 2 N–H and O–H groups in total. The van der Waals surface area contributed by atoms with Crippen LogP contribution in [0, 0.1) is 11.3 Å². The molecule has 2 aromatic rings. The molecule has 0 atom stereocenters. The van der Waals surface area contributed by atoms with Crippen LogP contribution in [-0.2, 0) is 0 Å². The second kappa shape index (κ2) is 7.01. The molecule has 1 heterocycles. The molecular formula is C15H15N5O. The van der Waals surface area contributed by atoms with Crippen molar-refractivity contribution >= 4 is 17.4 Å². The van der Waals surface area contributed by atoms with Crippen molar-refractivity contribution in [3.63, 3.8) is 0 Å². The Balaban J connectivity index is 2.04. The van der Waals surface area contributed by atoms with Crippen LogP contribution in [0.2, 0.25) is 0 Å². The number of nitrogens with one attached hydrogen (secondary N) is 2. The van der Waals surface area contributed by atoms with Gasteiger partial charge in [-0.25, -0.2) is 9.97 Å². The maximum Gasteiger partial charge on any atom is 0.275 e. The van der Waals surface area contributed by atoms with E-state index in [2.05, 4.69) is 27.5 Å².